The molecule has 0 aromatic heterocycles. The number of hydrogen-bond donors (Lipinski definition) is 2. The van der Waals surface area contributed by atoms with Crippen molar-refractivity contribution in [2.24, 2.45) is 5.73 Å². The Labute approximate surface area is 61.4 Å². The molecule has 0 aliphatic carbocycles. The molecule has 0 radical (unpaired) electrons. The molecule has 0 aromatic carbocycles. The molecule has 0 aliphatic heterocycles. The highest BCUT2D eigenvalue weighted by molar-refractivity contribution is 7.87. The van der Waals surface area contributed by atoms with Gasteiger partial charge in [0.25, 0.3) is 10.2 Å². The molecule has 0 heterocycles. The van der Waals surface area contributed by atoms with Crippen molar-refractivity contribution in [3.05, 3.63) is 0 Å². The molecule has 0 saturated carbocycles. The standard InChI is InChI=1S/C4H13N3O2S/c1-7(2)10(8,9)6-4-3-5/h6H,3-5H2,1-2H3. The number of hydrogen-bond acceptors (Lipinski definition) is 3. The summed E-state index contributed by atoms with van der Waals surface area (Å²) in [6.07, 6.45) is 0. The number of nitrogens with zero attached hydrogens (tertiary/aromatic N) is 1. The minimum Gasteiger partial charge on any atom is -0.329 e. The largest absolute Gasteiger partial charge is 0.329 e. The molecule has 0 aliphatic rings. The first kappa shape index (κ1) is 9.83. The first-order chi connectivity index (χ1) is 4.50. The zero-order chi connectivity index (χ0) is 8.20. The van der Waals surface area contributed by atoms with Crippen molar-refractivity contribution in [2.75, 3.05) is 27.2 Å². The minimum atomic E-state index is -3.26. The van der Waals surface area contributed by atoms with E-state index in [1.807, 2.05) is 0 Å². The van der Waals surface area contributed by atoms with E-state index >= 15 is 0 Å². The molecule has 0 atom stereocenters. The summed E-state index contributed by atoms with van der Waals surface area (Å²) >= 11 is 0. The highest BCUT2D eigenvalue weighted by atomic mass is 32.2. The summed E-state index contributed by atoms with van der Waals surface area (Å²) in [7, 11) is -0.343. The first-order valence-corrected chi connectivity index (χ1v) is 4.32. The Kier molecular flexibility index (Phi) is 3.80. The Balaban J connectivity index is 3.90. The lowest BCUT2D eigenvalue weighted by atomic mass is 10.7. The smallest absolute Gasteiger partial charge is 0.278 e. The van der Waals surface area contributed by atoms with Crippen molar-refractivity contribution in [3.63, 3.8) is 0 Å². The monoisotopic (exact) mass is 167 g/mol. The van der Waals surface area contributed by atoms with Crippen molar-refractivity contribution < 1.29 is 8.42 Å². The summed E-state index contributed by atoms with van der Waals surface area (Å²) < 4.78 is 25.1. The van der Waals surface area contributed by atoms with Gasteiger partial charge in [-0.1, -0.05) is 0 Å². The van der Waals surface area contributed by atoms with Crippen LogP contribution in [0.3, 0.4) is 0 Å². The second kappa shape index (κ2) is 3.87. The SMILES string of the molecule is CN(C)S(=O)(=O)NCCN. The predicted octanol–water partition coefficient (Wildman–Crippen LogP) is -1.66. The van der Waals surface area contributed by atoms with E-state index in [1.165, 1.54) is 14.1 Å². The van der Waals surface area contributed by atoms with Gasteiger partial charge >= 0.3 is 0 Å². The van der Waals surface area contributed by atoms with Crippen molar-refractivity contribution in [1.82, 2.24) is 9.03 Å². The van der Waals surface area contributed by atoms with Gasteiger partial charge in [-0.2, -0.15) is 12.7 Å². The average molecular weight is 167 g/mol. The third-order valence-corrected chi connectivity index (χ3v) is 2.44. The van der Waals surface area contributed by atoms with Crippen LogP contribution in [0.1, 0.15) is 0 Å². The Hall–Kier alpha value is -0.170. The maximum absolute atomic E-state index is 10.8. The van der Waals surface area contributed by atoms with E-state index in [0.717, 1.165) is 4.31 Å². The highest BCUT2D eigenvalue weighted by Crippen LogP contribution is 1.85. The van der Waals surface area contributed by atoms with Gasteiger partial charge in [-0.25, -0.2) is 4.72 Å². The van der Waals surface area contributed by atoms with Crippen LogP contribution in [-0.2, 0) is 10.2 Å². The summed E-state index contributed by atoms with van der Waals surface area (Å²) in [5.74, 6) is 0. The highest BCUT2D eigenvalue weighted by Gasteiger charge is 2.09. The lowest BCUT2D eigenvalue weighted by molar-refractivity contribution is 0.506. The Bertz CT molecular complexity index is 175. The lowest BCUT2D eigenvalue weighted by Gasteiger charge is -2.10. The van der Waals surface area contributed by atoms with E-state index in [1.54, 1.807) is 0 Å². The van der Waals surface area contributed by atoms with Gasteiger partial charge in [0.2, 0.25) is 0 Å². The van der Waals surface area contributed by atoms with Gasteiger partial charge in [0.05, 0.1) is 0 Å². The van der Waals surface area contributed by atoms with Crippen LogP contribution in [0.5, 0.6) is 0 Å². The van der Waals surface area contributed by atoms with Gasteiger partial charge in [-0.15, -0.1) is 0 Å². The van der Waals surface area contributed by atoms with Crippen LogP contribution in [0.15, 0.2) is 0 Å². The van der Waals surface area contributed by atoms with Gasteiger partial charge in [0, 0.05) is 27.2 Å². The van der Waals surface area contributed by atoms with Gasteiger partial charge < -0.3 is 5.73 Å². The van der Waals surface area contributed by atoms with Gasteiger partial charge in [0.1, 0.15) is 0 Å². The van der Waals surface area contributed by atoms with Gasteiger partial charge in [-0.3, -0.25) is 0 Å². The van der Waals surface area contributed by atoms with Crippen LogP contribution in [0.25, 0.3) is 0 Å². The molecule has 10 heavy (non-hydrogen) atoms. The normalized spacial score (nSPS) is 12.4. The van der Waals surface area contributed by atoms with E-state index in [9.17, 15) is 8.42 Å². The lowest BCUT2D eigenvalue weighted by Crippen LogP contribution is -2.38. The predicted molar refractivity (Wildman–Crippen MR) is 39.7 cm³/mol. The zero-order valence-corrected chi connectivity index (χ0v) is 6.98. The average Bonchev–Trinajstić information content (AvgIpc) is 1.84. The van der Waals surface area contributed by atoms with E-state index in [2.05, 4.69) is 4.72 Å². The molecule has 0 fully saturated rings. The third kappa shape index (κ3) is 3.11. The summed E-state index contributed by atoms with van der Waals surface area (Å²) in [6, 6.07) is 0. The van der Waals surface area contributed by atoms with Crippen molar-refractivity contribution >= 4 is 10.2 Å². The molecule has 6 heteroatoms. The van der Waals surface area contributed by atoms with E-state index in [-0.39, 0.29) is 6.54 Å². The van der Waals surface area contributed by atoms with Crippen LogP contribution >= 0.6 is 0 Å². The van der Waals surface area contributed by atoms with Crippen LogP contribution in [0.2, 0.25) is 0 Å². The molecule has 3 N–H and O–H groups in total. The molecule has 0 aromatic rings. The molecule has 0 saturated heterocycles. The molecule has 0 amide bonds. The number of nitrogens with one attached hydrogen (secondary N) is 1. The Morgan fingerprint density at radius 3 is 2.30 bits per heavy atom. The fraction of sp³-hybridized carbons (Fsp3) is 1.00. The molecule has 0 spiro atoms. The number of nitrogens with two attached hydrogens (primary N) is 1. The topological polar surface area (TPSA) is 75.4 Å². The zero-order valence-electron chi connectivity index (χ0n) is 6.16. The van der Waals surface area contributed by atoms with Gasteiger partial charge in [-0.05, 0) is 0 Å². The van der Waals surface area contributed by atoms with Crippen molar-refractivity contribution in [2.45, 2.75) is 0 Å². The number of rotatable bonds is 4. The van der Waals surface area contributed by atoms with Crippen molar-refractivity contribution in [1.29, 1.82) is 0 Å². The van der Waals surface area contributed by atoms with Crippen LogP contribution in [0.4, 0.5) is 0 Å². The summed E-state index contributed by atoms with van der Waals surface area (Å²) in [4.78, 5) is 0. The second-order valence-electron chi connectivity index (χ2n) is 1.97. The van der Waals surface area contributed by atoms with Crippen LogP contribution < -0.4 is 10.5 Å². The molecule has 5 nitrogen and oxygen atoms in total. The van der Waals surface area contributed by atoms with Crippen LogP contribution in [-0.4, -0.2) is 39.9 Å². The fourth-order valence-electron chi connectivity index (χ4n) is 0.317. The Morgan fingerprint density at radius 2 is 2.00 bits per heavy atom. The maximum Gasteiger partial charge on any atom is 0.278 e. The van der Waals surface area contributed by atoms with E-state index in [0.29, 0.717) is 6.54 Å². The third-order valence-electron chi connectivity index (χ3n) is 0.910. The van der Waals surface area contributed by atoms with E-state index in [4.69, 9.17) is 5.73 Å². The van der Waals surface area contributed by atoms with Crippen LogP contribution in [0, 0.1) is 0 Å². The molecule has 0 unspecified atom stereocenters. The molecular weight excluding hydrogens is 154 g/mol. The van der Waals surface area contributed by atoms with Crippen molar-refractivity contribution in [3.8, 4) is 0 Å². The summed E-state index contributed by atoms with van der Waals surface area (Å²) in [6.45, 7) is 0.591. The first-order valence-electron chi connectivity index (χ1n) is 2.88. The maximum atomic E-state index is 10.8. The molecule has 0 rings (SSSR count). The quantitative estimate of drug-likeness (QED) is 0.526. The fourth-order valence-corrected chi connectivity index (χ4v) is 0.951. The second-order valence-corrected chi connectivity index (χ2v) is 3.94. The van der Waals surface area contributed by atoms with Gasteiger partial charge in [0.15, 0.2) is 0 Å². The van der Waals surface area contributed by atoms with E-state index < -0.39 is 10.2 Å². The molecular formula is C4H13N3O2S. The Morgan fingerprint density at radius 1 is 1.50 bits per heavy atom. The molecule has 62 valence electrons. The minimum absolute atomic E-state index is 0.278. The summed E-state index contributed by atoms with van der Waals surface area (Å²) in [5, 5.41) is 0. The summed E-state index contributed by atoms with van der Waals surface area (Å²) in [5.41, 5.74) is 5.09. The molecule has 0 bridgehead atoms.